The lowest BCUT2D eigenvalue weighted by atomic mass is 10.1. The molecular formula is C13H16FNO2. The molecule has 1 atom stereocenters. The first-order valence-corrected chi connectivity index (χ1v) is 5.68. The number of hydrogen-bond acceptors (Lipinski definition) is 3. The van der Waals surface area contributed by atoms with E-state index in [0.29, 0.717) is 13.1 Å². The van der Waals surface area contributed by atoms with Crippen molar-refractivity contribution in [2.24, 2.45) is 0 Å². The van der Waals surface area contributed by atoms with Gasteiger partial charge in [-0.1, -0.05) is 30.3 Å². The molecule has 1 heterocycles. The summed E-state index contributed by atoms with van der Waals surface area (Å²) in [4.78, 5) is 13.2. The van der Waals surface area contributed by atoms with E-state index in [-0.39, 0.29) is 13.0 Å². The van der Waals surface area contributed by atoms with Crippen LogP contribution in [-0.4, -0.2) is 36.7 Å². The van der Waals surface area contributed by atoms with Crippen molar-refractivity contribution in [3.05, 3.63) is 35.9 Å². The number of ether oxygens (including phenoxy) is 1. The standard InChI is InChI=1S/C13H16FNO2/c1-17-12(16)13(14)7-8-15(10-13)9-11-5-3-2-4-6-11/h2-6H,7-10H2,1H3/t13-/m1/s1. The predicted molar refractivity (Wildman–Crippen MR) is 62.2 cm³/mol. The molecule has 92 valence electrons. The predicted octanol–water partition coefficient (Wildman–Crippen LogP) is 1.77. The highest BCUT2D eigenvalue weighted by atomic mass is 19.1. The molecule has 1 aromatic rings. The molecule has 0 aromatic heterocycles. The molecule has 0 aliphatic carbocycles. The number of carbonyl (C=O) groups excluding carboxylic acids is 1. The minimum atomic E-state index is -1.83. The molecule has 1 aromatic carbocycles. The lowest BCUT2D eigenvalue weighted by molar-refractivity contribution is -0.153. The van der Waals surface area contributed by atoms with Crippen molar-refractivity contribution in [3.63, 3.8) is 0 Å². The summed E-state index contributed by atoms with van der Waals surface area (Å²) < 4.78 is 18.6. The maximum absolute atomic E-state index is 14.1. The first kappa shape index (κ1) is 12.0. The van der Waals surface area contributed by atoms with Crippen molar-refractivity contribution in [1.29, 1.82) is 0 Å². The average molecular weight is 237 g/mol. The number of rotatable bonds is 3. The van der Waals surface area contributed by atoms with Gasteiger partial charge in [-0.25, -0.2) is 9.18 Å². The molecule has 0 saturated carbocycles. The number of alkyl halides is 1. The van der Waals surface area contributed by atoms with E-state index in [4.69, 9.17) is 0 Å². The number of methoxy groups -OCH3 is 1. The Morgan fingerprint density at radius 1 is 1.47 bits per heavy atom. The summed E-state index contributed by atoms with van der Waals surface area (Å²) in [5.74, 6) is -0.756. The smallest absolute Gasteiger partial charge is 0.345 e. The molecular weight excluding hydrogens is 221 g/mol. The highest BCUT2D eigenvalue weighted by Gasteiger charge is 2.46. The van der Waals surface area contributed by atoms with Crippen molar-refractivity contribution in [1.82, 2.24) is 4.90 Å². The largest absolute Gasteiger partial charge is 0.467 e. The molecule has 0 unspecified atom stereocenters. The van der Waals surface area contributed by atoms with Crippen molar-refractivity contribution in [3.8, 4) is 0 Å². The zero-order valence-electron chi connectivity index (χ0n) is 9.86. The fourth-order valence-electron chi connectivity index (χ4n) is 2.17. The van der Waals surface area contributed by atoms with E-state index < -0.39 is 11.6 Å². The van der Waals surface area contributed by atoms with Crippen LogP contribution < -0.4 is 0 Å². The third-order valence-electron chi connectivity index (χ3n) is 3.10. The summed E-state index contributed by atoms with van der Waals surface area (Å²) in [5, 5.41) is 0. The van der Waals surface area contributed by atoms with Crippen molar-refractivity contribution in [2.45, 2.75) is 18.6 Å². The maximum atomic E-state index is 14.1. The van der Waals surface area contributed by atoms with Crippen LogP contribution in [0.3, 0.4) is 0 Å². The van der Waals surface area contributed by atoms with E-state index in [1.54, 1.807) is 0 Å². The van der Waals surface area contributed by atoms with Crippen LogP contribution in [0.25, 0.3) is 0 Å². The normalized spacial score (nSPS) is 24.8. The van der Waals surface area contributed by atoms with Crippen LogP contribution in [-0.2, 0) is 16.1 Å². The van der Waals surface area contributed by atoms with Gasteiger partial charge in [0.05, 0.1) is 7.11 Å². The third kappa shape index (κ3) is 2.64. The zero-order valence-corrected chi connectivity index (χ0v) is 9.86. The summed E-state index contributed by atoms with van der Waals surface area (Å²) in [7, 11) is 1.23. The molecule has 1 saturated heterocycles. The van der Waals surface area contributed by atoms with E-state index in [9.17, 15) is 9.18 Å². The Labute approximate surface area is 100 Å². The van der Waals surface area contributed by atoms with Gasteiger partial charge in [-0.15, -0.1) is 0 Å². The molecule has 0 spiro atoms. The minimum Gasteiger partial charge on any atom is -0.467 e. The molecule has 1 aliphatic rings. The Hall–Kier alpha value is -1.42. The van der Waals surface area contributed by atoms with Crippen LogP contribution in [0.15, 0.2) is 30.3 Å². The highest BCUT2D eigenvalue weighted by Crippen LogP contribution is 2.27. The molecule has 1 fully saturated rings. The summed E-state index contributed by atoms with van der Waals surface area (Å²) >= 11 is 0. The molecule has 17 heavy (non-hydrogen) atoms. The second-order valence-electron chi connectivity index (χ2n) is 4.40. The Morgan fingerprint density at radius 3 is 2.82 bits per heavy atom. The quantitative estimate of drug-likeness (QED) is 0.750. The average Bonchev–Trinajstić information content (AvgIpc) is 2.72. The number of carbonyl (C=O) groups is 1. The topological polar surface area (TPSA) is 29.5 Å². The van der Waals surface area contributed by atoms with Gasteiger partial charge in [0.25, 0.3) is 0 Å². The van der Waals surface area contributed by atoms with Crippen LogP contribution in [0.4, 0.5) is 4.39 Å². The number of hydrogen-bond donors (Lipinski definition) is 0. The SMILES string of the molecule is COC(=O)[C@@]1(F)CCN(Cc2ccccc2)C1. The number of esters is 1. The summed E-state index contributed by atoms with van der Waals surface area (Å²) in [6.07, 6.45) is 0.215. The summed E-state index contributed by atoms with van der Waals surface area (Å²) in [6.45, 7) is 1.37. The Balaban J connectivity index is 1.97. The van der Waals surface area contributed by atoms with Gasteiger partial charge < -0.3 is 4.74 Å². The van der Waals surface area contributed by atoms with Crippen LogP contribution in [0.1, 0.15) is 12.0 Å². The number of nitrogens with zero attached hydrogens (tertiary/aromatic N) is 1. The monoisotopic (exact) mass is 237 g/mol. The van der Waals surface area contributed by atoms with Crippen molar-refractivity contribution >= 4 is 5.97 Å². The van der Waals surface area contributed by atoms with Gasteiger partial charge in [-0.05, 0) is 5.56 Å². The van der Waals surface area contributed by atoms with Gasteiger partial charge >= 0.3 is 5.97 Å². The maximum Gasteiger partial charge on any atom is 0.345 e. The number of likely N-dealkylation sites (tertiary alicyclic amines) is 1. The fourth-order valence-corrected chi connectivity index (χ4v) is 2.17. The molecule has 0 bridgehead atoms. The first-order valence-electron chi connectivity index (χ1n) is 5.68. The van der Waals surface area contributed by atoms with E-state index in [1.165, 1.54) is 7.11 Å². The molecule has 1 aliphatic heterocycles. The van der Waals surface area contributed by atoms with Gasteiger partial charge in [0, 0.05) is 26.1 Å². The fraction of sp³-hybridized carbons (Fsp3) is 0.462. The van der Waals surface area contributed by atoms with E-state index in [2.05, 4.69) is 4.74 Å². The molecule has 0 amide bonds. The number of halogens is 1. The molecule has 0 radical (unpaired) electrons. The minimum absolute atomic E-state index is 0.120. The van der Waals surface area contributed by atoms with Gasteiger partial charge in [0.15, 0.2) is 0 Å². The molecule has 2 rings (SSSR count). The second-order valence-corrected chi connectivity index (χ2v) is 4.40. The number of benzene rings is 1. The molecule has 3 nitrogen and oxygen atoms in total. The second kappa shape index (κ2) is 4.84. The summed E-state index contributed by atoms with van der Waals surface area (Å²) in [6, 6.07) is 9.84. The van der Waals surface area contributed by atoms with Crippen molar-refractivity contribution in [2.75, 3.05) is 20.2 Å². The van der Waals surface area contributed by atoms with Crippen LogP contribution in [0.5, 0.6) is 0 Å². The van der Waals surface area contributed by atoms with Crippen LogP contribution >= 0.6 is 0 Å². The van der Waals surface area contributed by atoms with E-state index in [0.717, 1.165) is 5.56 Å². The molecule has 0 N–H and O–H groups in total. The van der Waals surface area contributed by atoms with Crippen LogP contribution in [0.2, 0.25) is 0 Å². The van der Waals surface area contributed by atoms with Gasteiger partial charge in [0.2, 0.25) is 5.67 Å². The Morgan fingerprint density at radius 2 is 2.18 bits per heavy atom. The van der Waals surface area contributed by atoms with Gasteiger partial charge in [0.1, 0.15) is 0 Å². The molecule has 4 heteroatoms. The zero-order chi connectivity index (χ0) is 12.3. The highest BCUT2D eigenvalue weighted by molar-refractivity contribution is 5.80. The van der Waals surface area contributed by atoms with Crippen LogP contribution in [0, 0.1) is 0 Å². The van der Waals surface area contributed by atoms with E-state index in [1.807, 2.05) is 35.2 Å². The third-order valence-corrected chi connectivity index (χ3v) is 3.10. The Kier molecular flexibility index (Phi) is 3.43. The lowest BCUT2D eigenvalue weighted by Gasteiger charge is -2.18. The van der Waals surface area contributed by atoms with E-state index >= 15 is 0 Å². The van der Waals surface area contributed by atoms with Gasteiger partial charge in [-0.3, -0.25) is 4.90 Å². The van der Waals surface area contributed by atoms with Gasteiger partial charge in [-0.2, -0.15) is 0 Å². The summed E-state index contributed by atoms with van der Waals surface area (Å²) in [5.41, 5.74) is -0.703. The Bertz CT molecular complexity index is 396. The first-order chi connectivity index (χ1) is 8.14. The van der Waals surface area contributed by atoms with Crippen molar-refractivity contribution < 1.29 is 13.9 Å². The lowest BCUT2D eigenvalue weighted by Crippen LogP contribution is -2.37.